The fraction of sp³-hybridized carbons (Fsp3) is 0.500. The zero-order valence-corrected chi connectivity index (χ0v) is 9.64. The van der Waals surface area contributed by atoms with Crippen LogP contribution in [0.15, 0.2) is 18.2 Å². The fourth-order valence-corrected chi connectivity index (χ4v) is 1.97. The Bertz CT molecular complexity index is 377. The van der Waals surface area contributed by atoms with Crippen molar-refractivity contribution in [2.24, 2.45) is 0 Å². The molecule has 0 saturated carbocycles. The van der Waals surface area contributed by atoms with Gasteiger partial charge in [-0.1, -0.05) is 0 Å². The third-order valence-corrected chi connectivity index (χ3v) is 3.41. The summed E-state index contributed by atoms with van der Waals surface area (Å²) in [5.41, 5.74) is 0.773. The van der Waals surface area contributed by atoms with Crippen LogP contribution in [0.25, 0.3) is 0 Å². The van der Waals surface area contributed by atoms with E-state index >= 15 is 0 Å². The van der Waals surface area contributed by atoms with Crippen molar-refractivity contribution in [1.29, 1.82) is 0 Å². The van der Waals surface area contributed by atoms with E-state index in [-0.39, 0.29) is 17.5 Å². The molecule has 3 N–H and O–H groups in total. The average molecular weight is 222 g/mol. The Morgan fingerprint density at radius 3 is 2.62 bits per heavy atom. The molecule has 2 rings (SSSR count). The number of phenolic OH excluding ortho intramolecular Hbond substituents is 2. The number of hydrogen-bond donors (Lipinski definition) is 3. The Morgan fingerprint density at radius 1 is 1.38 bits per heavy atom. The van der Waals surface area contributed by atoms with Crippen molar-refractivity contribution in [1.82, 2.24) is 10.2 Å². The molecule has 1 unspecified atom stereocenters. The predicted molar refractivity (Wildman–Crippen MR) is 62.6 cm³/mol. The van der Waals surface area contributed by atoms with Crippen LogP contribution in [0.1, 0.15) is 18.5 Å². The van der Waals surface area contributed by atoms with Gasteiger partial charge in [0.15, 0.2) is 0 Å². The van der Waals surface area contributed by atoms with Crippen LogP contribution in [-0.2, 0) is 0 Å². The highest BCUT2D eigenvalue weighted by molar-refractivity contribution is 5.40. The number of aromatic hydroxyl groups is 2. The Labute approximate surface area is 95.5 Å². The van der Waals surface area contributed by atoms with E-state index in [1.165, 1.54) is 12.1 Å². The van der Waals surface area contributed by atoms with Gasteiger partial charge in [-0.15, -0.1) is 0 Å². The maximum absolute atomic E-state index is 9.77. The van der Waals surface area contributed by atoms with Crippen LogP contribution >= 0.6 is 0 Å². The van der Waals surface area contributed by atoms with Gasteiger partial charge in [-0.25, -0.2) is 0 Å². The largest absolute Gasteiger partial charge is 0.508 e. The van der Waals surface area contributed by atoms with Crippen LogP contribution in [-0.4, -0.2) is 41.3 Å². The molecule has 0 spiro atoms. The first-order chi connectivity index (χ1) is 7.59. The Balaban J connectivity index is 2.18. The molecule has 0 aliphatic carbocycles. The van der Waals surface area contributed by atoms with Gasteiger partial charge in [0.2, 0.25) is 0 Å². The zero-order chi connectivity index (χ0) is 11.7. The molecule has 1 aliphatic heterocycles. The van der Waals surface area contributed by atoms with Gasteiger partial charge in [0.25, 0.3) is 0 Å². The average Bonchev–Trinajstić information content (AvgIpc) is 2.18. The number of hydrogen-bond acceptors (Lipinski definition) is 4. The molecule has 0 amide bonds. The molecule has 16 heavy (non-hydrogen) atoms. The molecule has 4 nitrogen and oxygen atoms in total. The Morgan fingerprint density at radius 2 is 2.06 bits per heavy atom. The van der Waals surface area contributed by atoms with E-state index < -0.39 is 0 Å². The molecule has 0 aromatic heterocycles. The number of likely N-dealkylation sites (N-methyl/N-ethyl adjacent to an activating group) is 1. The Kier molecular flexibility index (Phi) is 3.03. The van der Waals surface area contributed by atoms with E-state index in [2.05, 4.69) is 10.2 Å². The van der Waals surface area contributed by atoms with Gasteiger partial charge in [0, 0.05) is 30.7 Å². The summed E-state index contributed by atoms with van der Waals surface area (Å²) in [5, 5.41) is 22.4. The summed E-state index contributed by atoms with van der Waals surface area (Å²) in [6, 6.07) is 5.27. The van der Waals surface area contributed by atoms with Gasteiger partial charge in [0.1, 0.15) is 11.5 Å². The van der Waals surface area contributed by atoms with Crippen molar-refractivity contribution in [3.8, 4) is 11.5 Å². The number of rotatable bonds is 3. The normalized spacial score (nSPS) is 18.4. The summed E-state index contributed by atoms with van der Waals surface area (Å²) in [6.07, 6.45) is 0. The minimum Gasteiger partial charge on any atom is -0.508 e. The van der Waals surface area contributed by atoms with E-state index in [1.807, 2.05) is 14.0 Å². The second kappa shape index (κ2) is 4.31. The van der Waals surface area contributed by atoms with Crippen LogP contribution < -0.4 is 5.32 Å². The molecule has 1 aliphatic rings. The highest BCUT2D eigenvalue weighted by atomic mass is 16.3. The summed E-state index contributed by atoms with van der Waals surface area (Å²) in [6.45, 7) is 4.01. The van der Waals surface area contributed by atoms with Gasteiger partial charge in [0.05, 0.1) is 0 Å². The van der Waals surface area contributed by atoms with Gasteiger partial charge in [-0.05, 0) is 32.2 Å². The van der Waals surface area contributed by atoms with Crippen molar-refractivity contribution in [3.63, 3.8) is 0 Å². The lowest BCUT2D eigenvalue weighted by Gasteiger charge is -2.39. The molecule has 0 bridgehead atoms. The lowest BCUT2D eigenvalue weighted by molar-refractivity contribution is 0.134. The highest BCUT2D eigenvalue weighted by Gasteiger charge is 2.27. The van der Waals surface area contributed by atoms with Gasteiger partial charge < -0.3 is 15.5 Å². The second-order valence-electron chi connectivity index (χ2n) is 4.40. The maximum Gasteiger partial charge on any atom is 0.120 e. The van der Waals surface area contributed by atoms with Crippen LogP contribution in [0, 0.1) is 0 Å². The zero-order valence-electron chi connectivity index (χ0n) is 9.64. The molecule has 1 atom stereocenters. The molecule has 1 fully saturated rings. The van der Waals surface area contributed by atoms with Crippen molar-refractivity contribution in [2.45, 2.75) is 19.0 Å². The first-order valence-electron chi connectivity index (χ1n) is 5.54. The molecule has 4 heteroatoms. The molecule has 1 aromatic carbocycles. The van der Waals surface area contributed by atoms with E-state index in [9.17, 15) is 10.2 Å². The Hall–Kier alpha value is -1.26. The van der Waals surface area contributed by atoms with E-state index in [4.69, 9.17) is 0 Å². The minimum atomic E-state index is 0.0965. The standard InChI is InChI=1S/C12H18N2O2/c1-8(14(2)9-6-13-7-9)11-5-10(15)3-4-12(11)16/h3-5,8-9,13,15-16H,6-7H2,1-2H3. The first-order valence-corrected chi connectivity index (χ1v) is 5.54. The lowest BCUT2D eigenvalue weighted by atomic mass is 10.0. The molecule has 0 radical (unpaired) electrons. The molecule has 1 aromatic rings. The summed E-state index contributed by atoms with van der Waals surface area (Å²) >= 11 is 0. The summed E-state index contributed by atoms with van der Waals surface area (Å²) in [7, 11) is 2.04. The lowest BCUT2D eigenvalue weighted by Crippen LogP contribution is -2.56. The molecular formula is C12H18N2O2. The van der Waals surface area contributed by atoms with E-state index in [0.717, 1.165) is 18.7 Å². The third kappa shape index (κ3) is 1.99. The van der Waals surface area contributed by atoms with Crippen LogP contribution in [0.3, 0.4) is 0 Å². The van der Waals surface area contributed by atoms with E-state index in [1.54, 1.807) is 6.07 Å². The summed E-state index contributed by atoms with van der Waals surface area (Å²) < 4.78 is 0. The quantitative estimate of drug-likeness (QED) is 0.669. The molecular weight excluding hydrogens is 204 g/mol. The highest BCUT2D eigenvalue weighted by Crippen LogP contribution is 2.31. The molecule has 88 valence electrons. The number of phenols is 2. The third-order valence-electron chi connectivity index (χ3n) is 3.41. The van der Waals surface area contributed by atoms with Gasteiger partial charge in [-0.2, -0.15) is 0 Å². The predicted octanol–water partition coefficient (Wildman–Crippen LogP) is 1.06. The first kappa shape index (κ1) is 11.2. The van der Waals surface area contributed by atoms with Crippen LogP contribution in [0.4, 0.5) is 0 Å². The number of benzene rings is 1. The molecule has 1 saturated heterocycles. The van der Waals surface area contributed by atoms with Crippen molar-refractivity contribution < 1.29 is 10.2 Å². The number of nitrogens with one attached hydrogen (secondary N) is 1. The monoisotopic (exact) mass is 222 g/mol. The van der Waals surface area contributed by atoms with Gasteiger partial charge in [-0.3, -0.25) is 4.90 Å². The summed E-state index contributed by atoms with van der Waals surface area (Å²) in [4.78, 5) is 2.21. The van der Waals surface area contributed by atoms with Gasteiger partial charge >= 0.3 is 0 Å². The summed E-state index contributed by atoms with van der Waals surface area (Å²) in [5.74, 6) is 0.434. The van der Waals surface area contributed by atoms with Crippen LogP contribution in [0.2, 0.25) is 0 Å². The minimum absolute atomic E-state index is 0.0965. The van der Waals surface area contributed by atoms with Crippen molar-refractivity contribution >= 4 is 0 Å². The second-order valence-corrected chi connectivity index (χ2v) is 4.40. The SMILES string of the molecule is CC(c1cc(O)ccc1O)N(C)C1CNC1. The van der Waals surface area contributed by atoms with Crippen molar-refractivity contribution in [2.75, 3.05) is 20.1 Å². The van der Waals surface area contributed by atoms with E-state index in [0.29, 0.717) is 6.04 Å². The topological polar surface area (TPSA) is 55.7 Å². The smallest absolute Gasteiger partial charge is 0.120 e. The van der Waals surface area contributed by atoms with Crippen molar-refractivity contribution in [3.05, 3.63) is 23.8 Å². The van der Waals surface area contributed by atoms with Crippen LogP contribution in [0.5, 0.6) is 11.5 Å². The number of nitrogens with zero attached hydrogens (tertiary/aromatic N) is 1. The molecule has 1 heterocycles. The fourth-order valence-electron chi connectivity index (χ4n) is 1.97. The maximum atomic E-state index is 9.77.